The molecule has 17 heavy (non-hydrogen) atoms. The first kappa shape index (κ1) is 10.8. The van der Waals surface area contributed by atoms with Crippen molar-refractivity contribution in [3.63, 3.8) is 0 Å². The average molecular weight is 229 g/mol. The van der Waals surface area contributed by atoms with Crippen molar-refractivity contribution in [1.29, 1.82) is 0 Å². The zero-order valence-electron chi connectivity index (χ0n) is 10.3. The quantitative estimate of drug-likeness (QED) is 0.873. The van der Waals surface area contributed by atoms with Gasteiger partial charge in [-0.15, -0.1) is 0 Å². The average Bonchev–Trinajstić information content (AvgIpc) is 2.71. The van der Waals surface area contributed by atoms with Crippen molar-refractivity contribution in [3.8, 4) is 0 Å². The van der Waals surface area contributed by atoms with Gasteiger partial charge in [-0.2, -0.15) is 5.10 Å². The smallest absolute Gasteiger partial charge is 0.0706 e. The topological polar surface area (TPSA) is 29.3 Å². The fraction of sp³-hybridized carbons (Fsp3) is 0.500. The van der Waals surface area contributed by atoms with Crippen LogP contribution < -0.4 is 5.32 Å². The van der Waals surface area contributed by atoms with E-state index in [0.717, 1.165) is 13.1 Å². The third-order valence-corrected chi connectivity index (χ3v) is 3.93. The van der Waals surface area contributed by atoms with E-state index in [9.17, 15) is 0 Å². The first-order valence-electron chi connectivity index (χ1n) is 6.39. The molecule has 0 saturated heterocycles. The van der Waals surface area contributed by atoms with Gasteiger partial charge in [0.05, 0.1) is 11.7 Å². The van der Waals surface area contributed by atoms with Crippen molar-refractivity contribution in [2.24, 2.45) is 5.41 Å². The Balaban J connectivity index is 1.65. The SMILES string of the molecule is CC1(CNCc2cnn3ccccc23)CCC1. The van der Waals surface area contributed by atoms with Gasteiger partial charge in [0.1, 0.15) is 0 Å². The van der Waals surface area contributed by atoms with Crippen molar-refractivity contribution < 1.29 is 0 Å². The van der Waals surface area contributed by atoms with Gasteiger partial charge in [0.2, 0.25) is 0 Å². The van der Waals surface area contributed by atoms with E-state index < -0.39 is 0 Å². The van der Waals surface area contributed by atoms with Crippen molar-refractivity contribution in [2.45, 2.75) is 32.7 Å². The highest BCUT2D eigenvalue weighted by Crippen LogP contribution is 2.39. The lowest BCUT2D eigenvalue weighted by Crippen LogP contribution is -2.36. The molecule has 0 spiro atoms. The van der Waals surface area contributed by atoms with Crippen LogP contribution in [0.2, 0.25) is 0 Å². The molecule has 1 aliphatic carbocycles. The molecular formula is C14H19N3. The van der Waals surface area contributed by atoms with Crippen molar-refractivity contribution in [2.75, 3.05) is 6.54 Å². The van der Waals surface area contributed by atoms with Crippen LogP contribution in [0.1, 0.15) is 31.7 Å². The van der Waals surface area contributed by atoms with Crippen molar-refractivity contribution in [1.82, 2.24) is 14.9 Å². The summed E-state index contributed by atoms with van der Waals surface area (Å²) in [5, 5.41) is 7.91. The maximum Gasteiger partial charge on any atom is 0.0706 e. The van der Waals surface area contributed by atoms with Crippen LogP contribution in [0.5, 0.6) is 0 Å². The summed E-state index contributed by atoms with van der Waals surface area (Å²) in [5.41, 5.74) is 3.04. The molecule has 0 unspecified atom stereocenters. The van der Waals surface area contributed by atoms with Gasteiger partial charge < -0.3 is 5.32 Å². The fourth-order valence-corrected chi connectivity index (χ4v) is 2.58. The highest BCUT2D eigenvalue weighted by atomic mass is 15.2. The van der Waals surface area contributed by atoms with Crippen LogP contribution in [0, 0.1) is 5.41 Å². The second-order valence-electron chi connectivity index (χ2n) is 5.47. The van der Waals surface area contributed by atoms with E-state index >= 15 is 0 Å². The minimum absolute atomic E-state index is 0.545. The molecule has 3 heteroatoms. The predicted octanol–water partition coefficient (Wildman–Crippen LogP) is 2.61. The van der Waals surface area contributed by atoms with Crippen LogP contribution in [-0.2, 0) is 6.54 Å². The van der Waals surface area contributed by atoms with Gasteiger partial charge in [0.15, 0.2) is 0 Å². The maximum absolute atomic E-state index is 4.34. The van der Waals surface area contributed by atoms with Gasteiger partial charge >= 0.3 is 0 Å². The Hall–Kier alpha value is -1.35. The monoisotopic (exact) mass is 229 g/mol. The Morgan fingerprint density at radius 1 is 1.41 bits per heavy atom. The Morgan fingerprint density at radius 2 is 2.29 bits per heavy atom. The Kier molecular flexibility index (Phi) is 2.63. The summed E-state index contributed by atoms with van der Waals surface area (Å²) in [4.78, 5) is 0. The Morgan fingerprint density at radius 3 is 3.06 bits per heavy atom. The van der Waals surface area contributed by atoms with Crippen LogP contribution in [0.4, 0.5) is 0 Å². The molecular weight excluding hydrogens is 210 g/mol. The molecule has 2 aromatic heterocycles. The third kappa shape index (κ3) is 2.07. The maximum atomic E-state index is 4.34. The van der Waals surface area contributed by atoms with Gasteiger partial charge in [0, 0.05) is 24.8 Å². The summed E-state index contributed by atoms with van der Waals surface area (Å²) in [6.45, 7) is 4.42. The van der Waals surface area contributed by atoms with Gasteiger partial charge in [-0.25, -0.2) is 4.52 Å². The summed E-state index contributed by atoms with van der Waals surface area (Å²) in [5.74, 6) is 0. The number of aromatic nitrogens is 2. The van der Waals surface area contributed by atoms with Crippen LogP contribution in [0.25, 0.3) is 5.52 Å². The molecule has 0 aliphatic heterocycles. The highest BCUT2D eigenvalue weighted by molar-refractivity contribution is 5.53. The number of fused-ring (bicyclic) bond motifs is 1. The normalized spacial score (nSPS) is 18.2. The summed E-state index contributed by atoms with van der Waals surface area (Å²) < 4.78 is 1.93. The molecule has 0 bridgehead atoms. The second kappa shape index (κ2) is 4.15. The molecule has 0 amide bonds. The van der Waals surface area contributed by atoms with E-state index in [4.69, 9.17) is 0 Å². The van der Waals surface area contributed by atoms with Gasteiger partial charge in [0.25, 0.3) is 0 Å². The van der Waals surface area contributed by atoms with Crippen LogP contribution >= 0.6 is 0 Å². The Labute approximate surface area is 102 Å². The second-order valence-corrected chi connectivity index (χ2v) is 5.47. The molecule has 1 aliphatic rings. The fourth-order valence-electron chi connectivity index (χ4n) is 2.58. The van der Waals surface area contributed by atoms with Crippen LogP contribution in [-0.4, -0.2) is 16.2 Å². The lowest BCUT2D eigenvalue weighted by Gasteiger charge is -2.38. The lowest BCUT2D eigenvalue weighted by molar-refractivity contribution is 0.156. The molecule has 0 atom stereocenters. The molecule has 90 valence electrons. The first-order valence-corrected chi connectivity index (χ1v) is 6.39. The van der Waals surface area contributed by atoms with Crippen molar-refractivity contribution >= 4 is 5.52 Å². The summed E-state index contributed by atoms with van der Waals surface area (Å²) in [6.07, 6.45) is 8.09. The molecule has 2 aromatic rings. The molecule has 1 N–H and O–H groups in total. The van der Waals surface area contributed by atoms with Gasteiger partial charge in [-0.3, -0.25) is 0 Å². The highest BCUT2D eigenvalue weighted by Gasteiger charge is 2.30. The van der Waals surface area contributed by atoms with E-state index in [-0.39, 0.29) is 0 Å². The van der Waals surface area contributed by atoms with E-state index in [1.165, 1.54) is 30.3 Å². The molecule has 3 nitrogen and oxygen atoms in total. The minimum Gasteiger partial charge on any atom is -0.312 e. The number of rotatable bonds is 4. The zero-order valence-corrected chi connectivity index (χ0v) is 10.3. The standard InChI is InChI=1S/C14H19N3/c1-14(6-4-7-14)11-15-9-12-10-16-17-8-3-2-5-13(12)17/h2-3,5,8,10,15H,4,6-7,9,11H2,1H3. The molecule has 1 fully saturated rings. The summed E-state index contributed by atoms with van der Waals surface area (Å²) in [6, 6.07) is 6.19. The summed E-state index contributed by atoms with van der Waals surface area (Å²) >= 11 is 0. The molecule has 3 rings (SSSR count). The van der Waals surface area contributed by atoms with Gasteiger partial charge in [-0.05, 0) is 30.4 Å². The van der Waals surface area contributed by atoms with E-state index in [0.29, 0.717) is 5.41 Å². The zero-order chi connectivity index (χ0) is 11.7. The molecule has 2 heterocycles. The number of pyridine rings is 1. The lowest BCUT2D eigenvalue weighted by atomic mass is 9.70. The Bertz CT molecular complexity index is 511. The molecule has 0 radical (unpaired) electrons. The third-order valence-electron chi connectivity index (χ3n) is 3.93. The largest absolute Gasteiger partial charge is 0.312 e. The first-order chi connectivity index (χ1) is 8.27. The van der Waals surface area contributed by atoms with E-state index in [2.05, 4.69) is 29.5 Å². The van der Waals surface area contributed by atoms with E-state index in [1.54, 1.807) is 0 Å². The van der Waals surface area contributed by atoms with E-state index in [1.807, 2.05) is 23.0 Å². The predicted molar refractivity (Wildman–Crippen MR) is 68.9 cm³/mol. The molecule has 1 saturated carbocycles. The number of nitrogens with one attached hydrogen (secondary N) is 1. The van der Waals surface area contributed by atoms with Gasteiger partial charge in [-0.1, -0.05) is 19.4 Å². The van der Waals surface area contributed by atoms with Crippen LogP contribution in [0.3, 0.4) is 0 Å². The molecule has 0 aromatic carbocycles. The number of nitrogens with zero attached hydrogens (tertiary/aromatic N) is 2. The van der Waals surface area contributed by atoms with Crippen LogP contribution in [0.15, 0.2) is 30.6 Å². The number of hydrogen-bond acceptors (Lipinski definition) is 2. The summed E-state index contributed by atoms with van der Waals surface area (Å²) in [7, 11) is 0. The van der Waals surface area contributed by atoms with Crippen molar-refractivity contribution in [3.05, 3.63) is 36.2 Å². The number of hydrogen-bond donors (Lipinski definition) is 1. The minimum atomic E-state index is 0.545.